The molecule has 0 saturated carbocycles. The summed E-state index contributed by atoms with van der Waals surface area (Å²) < 4.78 is 0.802. The number of non-ortho nitro benzene ring substituents is 2. The van der Waals surface area contributed by atoms with Crippen molar-refractivity contribution < 1.29 is 14.6 Å². The van der Waals surface area contributed by atoms with Crippen LogP contribution >= 0.6 is 39.0 Å². The van der Waals surface area contributed by atoms with E-state index in [4.69, 9.17) is 5.26 Å². The lowest BCUT2D eigenvalue weighted by Gasteiger charge is -1.96. The number of halogens is 1. The number of thiazole rings is 1. The number of carbonyl (C=O) groups is 1. The van der Waals surface area contributed by atoms with Crippen molar-refractivity contribution in [3.8, 4) is 16.7 Å². The number of carbonyl (C=O) groups excluding carboxylic acids is 1. The van der Waals surface area contributed by atoms with Crippen molar-refractivity contribution in [1.29, 1.82) is 5.26 Å². The largest absolute Gasteiger partial charge is 0.293 e. The Morgan fingerprint density at radius 3 is 2.03 bits per heavy atom. The van der Waals surface area contributed by atoms with Gasteiger partial charge < -0.3 is 0 Å². The van der Waals surface area contributed by atoms with Crippen LogP contribution in [0.25, 0.3) is 11.3 Å². The van der Waals surface area contributed by atoms with Gasteiger partial charge in [0.2, 0.25) is 0 Å². The van der Waals surface area contributed by atoms with E-state index in [1.165, 1.54) is 47.7 Å². The van der Waals surface area contributed by atoms with Gasteiger partial charge >= 0.3 is 0 Å². The Balaban J connectivity index is 0.000000214. The number of thioether (sulfide) groups is 1. The first-order chi connectivity index (χ1) is 14.3. The molecule has 0 bridgehead atoms. The lowest BCUT2D eigenvalue weighted by molar-refractivity contribution is -0.385. The molecule has 152 valence electrons. The minimum absolute atomic E-state index is 0.0560. The molecule has 0 saturated heterocycles. The van der Waals surface area contributed by atoms with E-state index in [9.17, 15) is 25.0 Å². The van der Waals surface area contributed by atoms with E-state index in [0.29, 0.717) is 5.56 Å². The minimum Gasteiger partial charge on any atom is -0.293 e. The zero-order valence-corrected chi connectivity index (χ0v) is 18.1. The van der Waals surface area contributed by atoms with E-state index in [2.05, 4.69) is 20.9 Å². The lowest BCUT2D eigenvalue weighted by Crippen LogP contribution is -2.01. The maximum atomic E-state index is 11.3. The van der Waals surface area contributed by atoms with Gasteiger partial charge in [-0.3, -0.25) is 25.0 Å². The zero-order chi connectivity index (χ0) is 22.1. The van der Waals surface area contributed by atoms with Gasteiger partial charge in [-0.2, -0.15) is 5.26 Å². The minimum atomic E-state index is -0.529. The molecule has 0 aliphatic rings. The number of Topliss-reactive ketones (excluding diaryl/α,β-unsaturated/α-hetero) is 1. The van der Waals surface area contributed by atoms with Crippen LogP contribution in [-0.4, -0.2) is 26.4 Å². The molecule has 0 atom stereocenters. The molecule has 1 aromatic heterocycles. The molecular weight excluding hydrogens is 496 g/mol. The summed E-state index contributed by atoms with van der Waals surface area (Å²) in [4.78, 5) is 35.4. The SMILES string of the molecule is N#CSCC(=O)c1ccc([N+](=O)[O-])cc1.O=[N+]([O-])c1ccc(-c2csc(Br)n2)cc1. The fraction of sp³-hybridized carbons (Fsp3) is 0.0556. The molecule has 30 heavy (non-hydrogen) atoms. The fourth-order valence-corrected chi connectivity index (χ4v) is 3.47. The molecule has 0 amide bonds. The number of nitrogens with zero attached hydrogens (tertiary/aromatic N) is 4. The Labute approximate surface area is 186 Å². The number of nitro groups is 2. The summed E-state index contributed by atoms with van der Waals surface area (Å²) in [5, 5.41) is 32.7. The van der Waals surface area contributed by atoms with Gasteiger partial charge in [0.05, 0.1) is 21.3 Å². The molecule has 0 aliphatic carbocycles. The van der Waals surface area contributed by atoms with Crippen molar-refractivity contribution in [2.75, 3.05) is 5.75 Å². The van der Waals surface area contributed by atoms with Crippen LogP contribution in [0.3, 0.4) is 0 Å². The standard InChI is InChI=1S/C9H5BrN2O2S.C9H6N2O3S/c10-9-11-8(5-15-9)6-1-3-7(4-2-6)12(13)14;10-6-15-5-9(12)7-1-3-8(4-2-7)11(13)14/h1-5H;1-4H,5H2. The Hall–Kier alpha value is -3.14. The predicted octanol–water partition coefficient (Wildman–Crippen LogP) is 5.47. The maximum absolute atomic E-state index is 11.3. The number of hydrogen-bond acceptors (Lipinski definition) is 9. The maximum Gasteiger partial charge on any atom is 0.269 e. The molecule has 0 fully saturated rings. The van der Waals surface area contributed by atoms with E-state index >= 15 is 0 Å². The normalized spacial score (nSPS) is 9.73. The number of rotatable bonds is 6. The number of nitriles is 1. The third kappa shape index (κ3) is 6.73. The summed E-state index contributed by atoms with van der Waals surface area (Å²) in [5.41, 5.74) is 2.11. The van der Waals surface area contributed by atoms with Crippen LogP contribution in [0.5, 0.6) is 0 Å². The Kier molecular flexibility index (Phi) is 8.60. The van der Waals surface area contributed by atoms with Gasteiger partial charge in [0, 0.05) is 40.8 Å². The number of hydrogen-bond donors (Lipinski definition) is 0. The number of benzene rings is 2. The molecule has 1 heterocycles. The summed E-state index contributed by atoms with van der Waals surface area (Å²) in [6, 6.07) is 11.6. The molecule has 0 aliphatic heterocycles. The van der Waals surface area contributed by atoms with Crippen molar-refractivity contribution in [3.63, 3.8) is 0 Å². The third-order valence-corrected chi connectivity index (χ3v) is 5.42. The molecule has 3 rings (SSSR count). The number of nitro benzene ring substituents is 2. The molecule has 2 aromatic carbocycles. The second kappa shape index (κ2) is 11.1. The smallest absolute Gasteiger partial charge is 0.269 e. The molecule has 3 aromatic rings. The summed E-state index contributed by atoms with van der Waals surface area (Å²) >= 11 is 5.59. The van der Waals surface area contributed by atoms with E-state index in [1.54, 1.807) is 17.5 Å². The Morgan fingerprint density at radius 1 is 1.07 bits per heavy atom. The van der Waals surface area contributed by atoms with Gasteiger partial charge in [0.1, 0.15) is 5.40 Å². The molecule has 0 unspecified atom stereocenters. The van der Waals surface area contributed by atoms with Crippen LogP contribution < -0.4 is 0 Å². The molecule has 12 heteroatoms. The highest BCUT2D eigenvalue weighted by Crippen LogP contribution is 2.26. The molecule has 0 radical (unpaired) electrons. The molecule has 9 nitrogen and oxygen atoms in total. The average Bonchev–Trinajstić information content (AvgIpc) is 3.19. The fourth-order valence-electron chi connectivity index (χ4n) is 2.09. The summed E-state index contributed by atoms with van der Waals surface area (Å²) in [5.74, 6) is -0.148. The third-order valence-electron chi connectivity index (χ3n) is 3.52. The summed E-state index contributed by atoms with van der Waals surface area (Å²) in [6.07, 6.45) is 0. The van der Waals surface area contributed by atoms with Crippen LogP contribution in [0.1, 0.15) is 10.4 Å². The number of thiocyanates is 1. The second-order valence-electron chi connectivity index (χ2n) is 5.40. The Bertz CT molecular complexity index is 1100. The van der Waals surface area contributed by atoms with Gasteiger partial charge in [0.15, 0.2) is 9.70 Å². The van der Waals surface area contributed by atoms with Crippen molar-refractivity contribution >= 4 is 56.2 Å². The van der Waals surface area contributed by atoms with Crippen LogP contribution in [0.15, 0.2) is 57.8 Å². The van der Waals surface area contributed by atoms with Gasteiger partial charge in [-0.25, -0.2) is 4.98 Å². The highest BCUT2D eigenvalue weighted by atomic mass is 79.9. The molecular formula is C18H11BrN4O5S2. The van der Waals surface area contributed by atoms with Crippen LogP contribution in [-0.2, 0) is 0 Å². The highest BCUT2D eigenvalue weighted by Gasteiger charge is 2.09. The first-order valence-electron chi connectivity index (χ1n) is 7.96. The molecule has 0 spiro atoms. The van der Waals surface area contributed by atoms with Gasteiger partial charge in [0.25, 0.3) is 11.4 Å². The quantitative estimate of drug-likeness (QED) is 0.185. The first kappa shape index (κ1) is 23.1. The average molecular weight is 507 g/mol. The van der Waals surface area contributed by atoms with Crippen molar-refractivity contribution in [1.82, 2.24) is 4.98 Å². The monoisotopic (exact) mass is 506 g/mol. The van der Waals surface area contributed by atoms with Crippen LogP contribution in [0.2, 0.25) is 0 Å². The topological polar surface area (TPSA) is 140 Å². The van der Waals surface area contributed by atoms with E-state index in [0.717, 1.165) is 26.9 Å². The first-order valence-corrected chi connectivity index (χ1v) is 10.6. The van der Waals surface area contributed by atoms with E-state index in [1.807, 2.05) is 5.38 Å². The van der Waals surface area contributed by atoms with Gasteiger partial charge in [-0.1, -0.05) is 0 Å². The molecule has 0 N–H and O–H groups in total. The second-order valence-corrected chi connectivity index (χ2v) is 8.29. The van der Waals surface area contributed by atoms with Crippen molar-refractivity contribution in [3.05, 3.63) is 83.6 Å². The number of ketones is 1. The van der Waals surface area contributed by atoms with Crippen molar-refractivity contribution in [2.45, 2.75) is 0 Å². The van der Waals surface area contributed by atoms with Gasteiger partial charge in [-0.15, -0.1) is 11.3 Å². The van der Waals surface area contributed by atoms with E-state index in [-0.39, 0.29) is 22.9 Å². The van der Waals surface area contributed by atoms with Gasteiger partial charge in [-0.05, 0) is 52.0 Å². The number of aromatic nitrogens is 1. The Morgan fingerprint density at radius 2 is 1.60 bits per heavy atom. The van der Waals surface area contributed by atoms with E-state index < -0.39 is 9.85 Å². The lowest BCUT2D eigenvalue weighted by atomic mass is 10.1. The summed E-state index contributed by atoms with van der Waals surface area (Å²) in [6.45, 7) is 0. The highest BCUT2D eigenvalue weighted by molar-refractivity contribution is 9.11. The van der Waals surface area contributed by atoms with Crippen molar-refractivity contribution in [2.24, 2.45) is 0 Å². The zero-order valence-electron chi connectivity index (χ0n) is 14.9. The summed E-state index contributed by atoms with van der Waals surface area (Å²) in [7, 11) is 0. The predicted molar refractivity (Wildman–Crippen MR) is 117 cm³/mol. The van der Waals surface area contributed by atoms with Crippen LogP contribution in [0.4, 0.5) is 11.4 Å². The van der Waals surface area contributed by atoms with Crippen LogP contribution in [0, 0.1) is 30.9 Å².